The molecule has 84 heavy (non-hydrogen) atoms. The van der Waals surface area contributed by atoms with E-state index in [1.807, 2.05) is 215 Å². The fraction of sp³-hybridized carbons (Fsp3) is 0.0290. The van der Waals surface area contributed by atoms with E-state index in [1.165, 1.54) is 12.1 Å². The van der Waals surface area contributed by atoms with Crippen LogP contribution >= 0.6 is 0 Å². The number of benzene rings is 10. The smallest absolute Gasteiger partial charge is 0.307 e. The molecule has 10 aromatic carbocycles. The van der Waals surface area contributed by atoms with Crippen molar-refractivity contribution >= 4 is 43.6 Å². The van der Waals surface area contributed by atoms with Gasteiger partial charge in [0.15, 0.2) is 34.9 Å². The van der Waals surface area contributed by atoms with E-state index < -0.39 is 29.0 Å². The van der Waals surface area contributed by atoms with Crippen molar-refractivity contribution in [1.29, 1.82) is 5.26 Å². The van der Waals surface area contributed by atoms with Gasteiger partial charge in [0.1, 0.15) is 0 Å². The van der Waals surface area contributed by atoms with Gasteiger partial charge in [-0.15, -0.1) is 0 Å². The zero-order valence-electron chi connectivity index (χ0n) is 43.8. The SMILES string of the molecule is N#Cc1cc(-n2c3ccccc3c3cc(-c4nc(-c5ccccc5)nc(-c5ccccc5)n4)ccc32)c(-n2c3ccccc3c3cc(-c4nc(-c5ccccc5)nc(-c5ccccc5)n4)ccc32)cc1-c1cc(C(F)(F)F)cc(C(F)(F)F)c1. The van der Waals surface area contributed by atoms with Gasteiger partial charge in [-0.05, 0) is 84.4 Å². The summed E-state index contributed by atoms with van der Waals surface area (Å²) < 4.78 is 91.9. The largest absolute Gasteiger partial charge is 0.416 e. The molecule has 14 aromatic rings. The van der Waals surface area contributed by atoms with Crippen LogP contribution in [0.25, 0.3) is 134 Å². The molecular formula is C69H39F6N9. The van der Waals surface area contributed by atoms with Crippen LogP contribution in [0.1, 0.15) is 16.7 Å². The number of fused-ring (bicyclic) bond motifs is 6. The molecule has 4 aromatic heterocycles. The first-order valence-electron chi connectivity index (χ1n) is 26.5. The highest BCUT2D eigenvalue weighted by atomic mass is 19.4. The zero-order chi connectivity index (χ0) is 57.3. The summed E-state index contributed by atoms with van der Waals surface area (Å²) >= 11 is 0. The van der Waals surface area contributed by atoms with Crippen LogP contribution in [0.2, 0.25) is 0 Å². The van der Waals surface area contributed by atoms with Gasteiger partial charge in [0.05, 0.1) is 56.2 Å². The Labute approximate surface area is 474 Å². The first-order valence-corrected chi connectivity index (χ1v) is 26.5. The number of halogens is 6. The lowest BCUT2D eigenvalue weighted by Gasteiger charge is -2.20. The quantitative estimate of drug-likeness (QED) is 0.132. The number of nitriles is 1. The highest BCUT2D eigenvalue weighted by Gasteiger charge is 2.38. The Balaban J connectivity index is 1.03. The molecule has 402 valence electrons. The fourth-order valence-corrected chi connectivity index (χ4v) is 11.0. The minimum atomic E-state index is -5.16. The van der Waals surface area contributed by atoms with E-state index in [9.17, 15) is 31.6 Å². The van der Waals surface area contributed by atoms with Crippen molar-refractivity contribution < 1.29 is 26.3 Å². The number of alkyl halides is 6. The van der Waals surface area contributed by atoms with Crippen molar-refractivity contribution in [2.24, 2.45) is 0 Å². The highest BCUT2D eigenvalue weighted by molar-refractivity contribution is 6.13. The van der Waals surface area contributed by atoms with E-state index in [2.05, 4.69) is 6.07 Å². The van der Waals surface area contributed by atoms with E-state index in [0.29, 0.717) is 91.6 Å². The molecule has 14 rings (SSSR count). The molecule has 0 amide bonds. The molecule has 0 saturated heterocycles. The number of nitrogens with zero attached hydrogens (tertiary/aromatic N) is 9. The summed E-state index contributed by atoms with van der Waals surface area (Å²) in [6.07, 6.45) is -10.3. The third-order valence-corrected chi connectivity index (χ3v) is 14.9. The van der Waals surface area contributed by atoms with Gasteiger partial charge >= 0.3 is 12.4 Å². The maximum Gasteiger partial charge on any atom is 0.416 e. The number of para-hydroxylation sites is 2. The summed E-state index contributed by atoms with van der Waals surface area (Å²) in [5.74, 6) is 2.66. The summed E-state index contributed by atoms with van der Waals surface area (Å²) in [6.45, 7) is 0. The normalized spacial score (nSPS) is 11.9. The molecule has 0 atom stereocenters. The van der Waals surface area contributed by atoms with Crippen molar-refractivity contribution in [1.82, 2.24) is 39.0 Å². The Hall–Kier alpha value is -11.1. The Morgan fingerprint density at radius 2 is 0.619 bits per heavy atom. The molecule has 0 radical (unpaired) electrons. The van der Waals surface area contributed by atoms with Crippen molar-refractivity contribution in [3.05, 3.63) is 253 Å². The van der Waals surface area contributed by atoms with Gasteiger partial charge in [0, 0.05) is 60.5 Å². The van der Waals surface area contributed by atoms with E-state index in [0.717, 1.165) is 43.8 Å². The first-order chi connectivity index (χ1) is 40.8. The molecular weight excluding hydrogens is 1070 g/mol. The van der Waals surface area contributed by atoms with Gasteiger partial charge < -0.3 is 9.13 Å². The molecule has 0 aliphatic rings. The van der Waals surface area contributed by atoms with Crippen molar-refractivity contribution in [3.63, 3.8) is 0 Å². The van der Waals surface area contributed by atoms with E-state index in [4.69, 9.17) is 29.9 Å². The second kappa shape index (κ2) is 20.2. The van der Waals surface area contributed by atoms with Crippen LogP contribution in [-0.4, -0.2) is 39.0 Å². The molecule has 0 aliphatic heterocycles. The van der Waals surface area contributed by atoms with Crippen LogP contribution in [0.5, 0.6) is 0 Å². The highest BCUT2D eigenvalue weighted by Crippen LogP contribution is 2.45. The van der Waals surface area contributed by atoms with Crippen molar-refractivity contribution in [3.8, 4) is 96.9 Å². The van der Waals surface area contributed by atoms with Crippen molar-refractivity contribution in [2.75, 3.05) is 0 Å². The molecule has 9 nitrogen and oxygen atoms in total. The van der Waals surface area contributed by atoms with Gasteiger partial charge in [-0.1, -0.05) is 158 Å². The predicted octanol–water partition coefficient (Wildman–Crippen LogP) is 17.8. The Bertz CT molecular complexity index is 4790. The topological polar surface area (TPSA) is 111 Å². The first kappa shape index (κ1) is 51.1. The van der Waals surface area contributed by atoms with Gasteiger partial charge in [-0.2, -0.15) is 31.6 Å². The molecule has 0 saturated carbocycles. The molecule has 0 spiro atoms. The van der Waals surface area contributed by atoms with Crippen LogP contribution in [0.15, 0.2) is 237 Å². The molecule has 4 heterocycles. The fourth-order valence-electron chi connectivity index (χ4n) is 11.0. The second-order valence-corrected chi connectivity index (χ2v) is 20.0. The van der Waals surface area contributed by atoms with Crippen LogP contribution in [-0.2, 0) is 12.4 Å². The van der Waals surface area contributed by atoms with Gasteiger partial charge in [0.2, 0.25) is 0 Å². The minimum Gasteiger partial charge on any atom is -0.307 e. The van der Waals surface area contributed by atoms with Gasteiger partial charge in [-0.3, -0.25) is 0 Å². The summed E-state index contributed by atoms with van der Waals surface area (Å²) in [4.78, 5) is 29.8. The van der Waals surface area contributed by atoms with Crippen LogP contribution in [0.4, 0.5) is 26.3 Å². The maximum absolute atomic E-state index is 14.7. The average Bonchev–Trinajstić information content (AvgIpc) is 1.94. The van der Waals surface area contributed by atoms with Crippen molar-refractivity contribution in [2.45, 2.75) is 12.4 Å². The van der Waals surface area contributed by atoms with E-state index in [1.54, 1.807) is 0 Å². The zero-order valence-corrected chi connectivity index (χ0v) is 43.8. The molecule has 15 heteroatoms. The second-order valence-electron chi connectivity index (χ2n) is 20.0. The summed E-state index contributed by atoms with van der Waals surface area (Å²) in [5.41, 5.74) is 4.04. The van der Waals surface area contributed by atoms with Crippen LogP contribution in [0.3, 0.4) is 0 Å². The molecule has 0 N–H and O–H groups in total. The standard InChI is InChI=1S/C69H39F6N9/c70-68(71,72)49-33-47(34-50(38-49)69(73,74)75)53-39-61(84-57-28-16-14-26-52(57)55-36-46(30-32-59(55)84)67-81-64(43-21-9-3-10-22-43)78-65(82-67)44-23-11-4-12-24-44)60(37-48(53)40-76)83-56-27-15-13-25-51(56)54-35-45(29-31-58(54)83)66-79-62(41-17-5-1-6-18-41)77-63(80-66)42-19-7-2-8-20-42/h1-39H. The third-order valence-electron chi connectivity index (χ3n) is 14.9. The number of rotatable bonds is 9. The average molecular weight is 1110 g/mol. The van der Waals surface area contributed by atoms with Gasteiger partial charge in [-0.25, -0.2) is 29.9 Å². The lowest BCUT2D eigenvalue weighted by Crippen LogP contribution is -2.11. The number of hydrogen-bond acceptors (Lipinski definition) is 7. The Morgan fingerprint density at radius 1 is 0.298 bits per heavy atom. The Morgan fingerprint density at radius 3 is 0.976 bits per heavy atom. The Kier molecular flexibility index (Phi) is 12.3. The molecule has 0 aliphatic carbocycles. The molecule has 0 bridgehead atoms. The van der Waals surface area contributed by atoms with Crippen LogP contribution < -0.4 is 0 Å². The summed E-state index contributed by atoms with van der Waals surface area (Å²) in [7, 11) is 0. The maximum atomic E-state index is 14.7. The molecule has 0 fully saturated rings. The summed E-state index contributed by atoms with van der Waals surface area (Å²) in [5, 5.41) is 14.2. The van der Waals surface area contributed by atoms with E-state index in [-0.39, 0.29) is 17.2 Å². The lowest BCUT2D eigenvalue weighted by atomic mass is 9.94. The minimum absolute atomic E-state index is 0.0851. The van der Waals surface area contributed by atoms with Crippen LogP contribution in [0, 0.1) is 11.3 Å². The predicted molar refractivity (Wildman–Crippen MR) is 315 cm³/mol. The van der Waals surface area contributed by atoms with Gasteiger partial charge in [0.25, 0.3) is 0 Å². The lowest BCUT2D eigenvalue weighted by molar-refractivity contribution is -0.143. The monoisotopic (exact) mass is 1110 g/mol. The number of hydrogen-bond donors (Lipinski definition) is 0. The molecule has 0 unspecified atom stereocenters. The third kappa shape index (κ3) is 9.12. The van der Waals surface area contributed by atoms with E-state index >= 15 is 0 Å². The number of aromatic nitrogens is 8. The summed E-state index contributed by atoms with van der Waals surface area (Å²) in [6, 6.07) is 71.8.